The van der Waals surface area contributed by atoms with E-state index in [1.54, 1.807) is 34.9 Å². The summed E-state index contributed by atoms with van der Waals surface area (Å²) in [7, 11) is 0. The van der Waals surface area contributed by atoms with Gasteiger partial charge in [-0.05, 0) is 92.7 Å². The lowest BCUT2D eigenvalue weighted by atomic mass is 9.53. The van der Waals surface area contributed by atoms with Gasteiger partial charge in [-0.1, -0.05) is 35.5 Å². The highest BCUT2D eigenvalue weighted by molar-refractivity contribution is 7.99. The molecule has 4 aliphatic rings. The van der Waals surface area contributed by atoms with E-state index in [4.69, 9.17) is 16.6 Å². The van der Waals surface area contributed by atoms with Crippen molar-refractivity contribution >= 4 is 40.2 Å². The predicted octanol–water partition coefficient (Wildman–Crippen LogP) is 5.22. The molecule has 1 N–H and O–H groups in total. The van der Waals surface area contributed by atoms with Crippen LogP contribution in [0.5, 0.6) is 0 Å². The normalized spacial score (nSPS) is 27.7. The summed E-state index contributed by atoms with van der Waals surface area (Å²) in [5.41, 5.74) is 1.16. The van der Waals surface area contributed by atoms with E-state index in [-0.39, 0.29) is 22.8 Å². The molecule has 0 saturated heterocycles. The number of halogens is 1. The number of amides is 1. The van der Waals surface area contributed by atoms with Gasteiger partial charge >= 0.3 is 0 Å². The first-order valence-corrected chi connectivity index (χ1v) is 13.1. The quantitative estimate of drug-likeness (QED) is 0.402. The lowest BCUT2D eigenvalue weighted by Crippen LogP contribution is -2.60. The van der Waals surface area contributed by atoms with E-state index in [1.807, 2.05) is 18.2 Å². The Balaban J connectivity index is 1.27. The van der Waals surface area contributed by atoms with E-state index < -0.39 is 0 Å². The van der Waals surface area contributed by atoms with Gasteiger partial charge in [0.2, 0.25) is 5.91 Å². The minimum Gasteiger partial charge on any atom is -0.350 e. The summed E-state index contributed by atoms with van der Waals surface area (Å²) in [6.45, 7) is 0. The average Bonchev–Trinajstić information content (AvgIpc) is 2.77. The van der Waals surface area contributed by atoms with E-state index in [2.05, 4.69) is 5.32 Å². The molecule has 1 amide bonds. The lowest BCUT2D eigenvalue weighted by molar-refractivity contribution is -0.124. The first kappa shape index (κ1) is 21.2. The maximum atomic E-state index is 13.4. The van der Waals surface area contributed by atoms with Crippen LogP contribution in [0, 0.1) is 17.8 Å². The molecule has 0 unspecified atom stereocenters. The molecule has 1 heterocycles. The van der Waals surface area contributed by atoms with Crippen molar-refractivity contribution in [2.75, 3.05) is 5.75 Å². The number of aromatic nitrogens is 2. The number of para-hydroxylation sites is 1. The summed E-state index contributed by atoms with van der Waals surface area (Å²) in [6, 6.07) is 14.5. The van der Waals surface area contributed by atoms with Gasteiger partial charge < -0.3 is 5.32 Å². The van der Waals surface area contributed by atoms with Gasteiger partial charge in [0.15, 0.2) is 5.16 Å². The maximum Gasteiger partial charge on any atom is 0.266 e. The van der Waals surface area contributed by atoms with Crippen LogP contribution in [0.25, 0.3) is 16.6 Å². The Morgan fingerprint density at radius 3 is 2.33 bits per heavy atom. The second-order valence-corrected chi connectivity index (χ2v) is 11.4. The molecule has 3 aromatic rings. The zero-order chi connectivity index (χ0) is 22.6. The van der Waals surface area contributed by atoms with Gasteiger partial charge in [0.1, 0.15) is 0 Å². The first-order valence-electron chi connectivity index (χ1n) is 11.7. The van der Waals surface area contributed by atoms with Crippen LogP contribution in [0.15, 0.2) is 58.5 Å². The fourth-order valence-corrected chi connectivity index (χ4v) is 7.69. The lowest BCUT2D eigenvalue weighted by Gasteiger charge is -2.56. The smallest absolute Gasteiger partial charge is 0.266 e. The average molecular weight is 480 g/mol. The Bertz CT molecular complexity index is 1250. The van der Waals surface area contributed by atoms with Gasteiger partial charge in [0, 0.05) is 10.6 Å². The van der Waals surface area contributed by atoms with Crippen molar-refractivity contribution in [2.45, 2.75) is 49.2 Å². The third-order valence-corrected chi connectivity index (χ3v) is 8.80. The van der Waals surface area contributed by atoms with Crippen molar-refractivity contribution in [3.63, 3.8) is 0 Å². The molecule has 7 rings (SSSR count). The molecule has 33 heavy (non-hydrogen) atoms. The number of hydrogen-bond donors (Lipinski definition) is 1. The molecule has 1 aromatic heterocycles. The van der Waals surface area contributed by atoms with E-state index in [1.165, 1.54) is 31.0 Å². The van der Waals surface area contributed by atoms with Gasteiger partial charge in [-0.15, -0.1) is 0 Å². The van der Waals surface area contributed by atoms with Crippen LogP contribution in [0.3, 0.4) is 0 Å². The van der Waals surface area contributed by atoms with Crippen molar-refractivity contribution in [1.29, 1.82) is 0 Å². The van der Waals surface area contributed by atoms with Crippen molar-refractivity contribution < 1.29 is 4.79 Å². The zero-order valence-electron chi connectivity index (χ0n) is 18.3. The minimum absolute atomic E-state index is 0.0148. The zero-order valence-corrected chi connectivity index (χ0v) is 19.9. The summed E-state index contributed by atoms with van der Waals surface area (Å²) >= 11 is 7.38. The summed E-state index contributed by atoms with van der Waals surface area (Å²) in [5.74, 6) is 2.61. The van der Waals surface area contributed by atoms with Crippen LogP contribution in [-0.2, 0) is 4.79 Å². The van der Waals surface area contributed by atoms with Gasteiger partial charge in [-0.2, -0.15) is 0 Å². The Labute approximate surface area is 201 Å². The van der Waals surface area contributed by atoms with E-state index in [0.717, 1.165) is 37.0 Å². The highest BCUT2D eigenvalue weighted by atomic mass is 35.5. The van der Waals surface area contributed by atoms with Crippen molar-refractivity contribution in [3.8, 4) is 5.69 Å². The number of fused-ring (bicyclic) bond motifs is 1. The number of nitrogens with zero attached hydrogens (tertiary/aromatic N) is 2. The Morgan fingerprint density at radius 2 is 1.67 bits per heavy atom. The molecule has 2 aromatic carbocycles. The van der Waals surface area contributed by atoms with Crippen LogP contribution in [0.4, 0.5) is 0 Å². The summed E-state index contributed by atoms with van der Waals surface area (Å²) in [5, 5.41) is 5.09. The molecule has 4 bridgehead atoms. The SMILES string of the molecule is O=C(CSc1nc2ccccc2c(=O)n1-c1ccc(Cl)cc1)NC12CC3CC(CC(C3)C1)C2. The van der Waals surface area contributed by atoms with Crippen LogP contribution in [0.2, 0.25) is 5.02 Å². The van der Waals surface area contributed by atoms with Crippen LogP contribution >= 0.6 is 23.4 Å². The first-order chi connectivity index (χ1) is 16.0. The van der Waals surface area contributed by atoms with E-state index in [0.29, 0.717) is 26.8 Å². The van der Waals surface area contributed by atoms with E-state index in [9.17, 15) is 9.59 Å². The number of carbonyl (C=O) groups is 1. The number of thioether (sulfide) groups is 1. The Morgan fingerprint density at radius 1 is 1.03 bits per heavy atom. The topological polar surface area (TPSA) is 64.0 Å². The van der Waals surface area contributed by atoms with Crippen molar-refractivity contribution in [1.82, 2.24) is 14.9 Å². The largest absolute Gasteiger partial charge is 0.350 e. The van der Waals surface area contributed by atoms with Gasteiger partial charge in [0.25, 0.3) is 5.56 Å². The van der Waals surface area contributed by atoms with E-state index >= 15 is 0 Å². The molecule has 0 atom stereocenters. The highest BCUT2D eigenvalue weighted by Crippen LogP contribution is 2.55. The second-order valence-electron chi connectivity index (χ2n) is 10.1. The molecule has 4 fully saturated rings. The molecular formula is C26H26ClN3O2S. The van der Waals surface area contributed by atoms with Crippen molar-refractivity contribution in [2.24, 2.45) is 17.8 Å². The maximum absolute atomic E-state index is 13.4. The molecule has 170 valence electrons. The molecule has 4 saturated carbocycles. The van der Waals surface area contributed by atoms with Gasteiger partial charge in [-0.25, -0.2) is 4.98 Å². The molecule has 0 radical (unpaired) electrons. The number of rotatable bonds is 5. The number of hydrogen-bond acceptors (Lipinski definition) is 4. The number of carbonyl (C=O) groups excluding carboxylic acids is 1. The van der Waals surface area contributed by atoms with Crippen LogP contribution < -0.4 is 10.9 Å². The predicted molar refractivity (Wildman–Crippen MR) is 132 cm³/mol. The third kappa shape index (κ3) is 3.97. The highest BCUT2D eigenvalue weighted by Gasteiger charge is 2.51. The standard InChI is InChI=1S/C26H26ClN3O2S/c27-19-5-7-20(8-6-19)30-24(32)21-3-1-2-4-22(21)28-25(30)33-15-23(31)29-26-12-16-9-17(13-26)11-18(10-16)14-26/h1-8,16-18H,9-15H2,(H,29,31). The molecule has 0 spiro atoms. The van der Waals surface area contributed by atoms with Gasteiger partial charge in [0.05, 0.1) is 22.3 Å². The van der Waals surface area contributed by atoms with Gasteiger partial charge in [-0.3, -0.25) is 14.2 Å². The molecular weight excluding hydrogens is 454 g/mol. The third-order valence-electron chi connectivity index (χ3n) is 7.60. The Hall–Kier alpha value is -2.31. The number of benzene rings is 2. The second kappa shape index (κ2) is 8.17. The summed E-state index contributed by atoms with van der Waals surface area (Å²) < 4.78 is 1.58. The fraction of sp³-hybridized carbons (Fsp3) is 0.423. The molecule has 4 aliphatic carbocycles. The Kier molecular flexibility index (Phi) is 5.26. The minimum atomic E-state index is -0.146. The van der Waals surface area contributed by atoms with Crippen LogP contribution in [0.1, 0.15) is 38.5 Å². The van der Waals surface area contributed by atoms with Crippen LogP contribution in [-0.4, -0.2) is 26.8 Å². The summed E-state index contributed by atoms with van der Waals surface area (Å²) in [6.07, 6.45) is 7.41. The number of nitrogens with one attached hydrogen (secondary N) is 1. The van der Waals surface area contributed by atoms with Crippen molar-refractivity contribution in [3.05, 3.63) is 63.9 Å². The molecule has 5 nitrogen and oxygen atoms in total. The summed E-state index contributed by atoms with van der Waals surface area (Å²) in [4.78, 5) is 31.2. The molecule has 0 aliphatic heterocycles. The molecule has 7 heteroatoms. The monoisotopic (exact) mass is 479 g/mol. The fourth-order valence-electron chi connectivity index (χ4n) is 6.75.